The lowest BCUT2D eigenvalue weighted by Gasteiger charge is -2.14. The highest BCUT2D eigenvalue weighted by atomic mass is 19.1. The fourth-order valence-corrected chi connectivity index (χ4v) is 4.49. The van der Waals surface area contributed by atoms with Gasteiger partial charge >= 0.3 is 5.69 Å². The van der Waals surface area contributed by atoms with Gasteiger partial charge in [0.25, 0.3) is 0 Å². The molecule has 0 saturated heterocycles. The number of nitrogens with zero attached hydrogens (tertiary/aromatic N) is 5. The van der Waals surface area contributed by atoms with Gasteiger partial charge in [0.15, 0.2) is 0 Å². The summed E-state index contributed by atoms with van der Waals surface area (Å²) >= 11 is 0. The lowest BCUT2D eigenvalue weighted by molar-refractivity contribution is 0.387. The maximum atomic E-state index is 14.0. The molecule has 0 saturated carbocycles. The van der Waals surface area contributed by atoms with Gasteiger partial charge in [-0.1, -0.05) is 6.07 Å². The quantitative estimate of drug-likeness (QED) is 0.389. The molecule has 6 nitrogen and oxygen atoms in total. The summed E-state index contributed by atoms with van der Waals surface area (Å²) < 4.78 is 19.7. The molecule has 0 N–H and O–H groups in total. The third-order valence-corrected chi connectivity index (χ3v) is 6.20. The first-order valence-electron chi connectivity index (χ1n) is 11.6. The first-order chi connectivity index (χ1) is 15.8. The predicted octanol–water partition coefficient (Wildman–Crippen LogP) is 4.77. The molecular formula is C26H32FN5O. The summed E-state index contributed by atoms with van der Waals surface area (Å²) in [6, 6.07) is 11.3. The Morgan fingerprint density at radius 2 is 1.67 bits per heavy atom. The molecule has 0 unspecified atom stereocenters. The van der Waals surface area contributed by atoms with Crippen molar-refractivity contribution in [2.24, 2.45) is 0 Å². The largest absolute Gasteiger partial charge is 0.330 e. The second-order valence-electron chi connectivity index (χ2n) is 8.73. The maximum Gasteiger partial charge on any atom is 0.329 e. The van der Waals surface area contributed by atoms with E-state index in [1.807, 2.05) is 36.9 Å². The average molecular weight is 450 g/mol. The average Bonchev–Trinajstić information content (AvgIpc) is 3.32. The molecule has 2 heterocycles. The van der Waals surface area contributed by atoms with E-state index in [2.05, 4.69) is 35.7 Å². The molecule has 174 valence electrons. The minimum atomic E-state index is -0.222. The van der Waals surface area contributed by atoms with Crippen molar-refractivity contribution in [1.29, 1.82) is 0 Å². The number of aryl methyl sites for hydroxylation is 4. The third kappa shape index (κ3) is 4.25. The SMILES string of the molecule is CCn1c(=O)n(CC)c2cc(-c3c(-c4ccc(F)c(C)c4)ncn3CCCN(C)C)ccc21. The second kappa shape index (κ2) is 9.35. The highest BCUT2D eigenvalue weighted by Crippen LogP contribution is 2.34. The number of fused-ring (bicyclic) bond motifs is 1. The van der Waals surface area contributed by atoms with Crippen molar-refractivity contribution in [2.75, 3.05) is 20.6 Å². The summed E-state index contributed by atoms with van der Waals surface area (Å²) in [6.45, 7) is 8.77. The van der Waals surface area contributed by atoms with Crippen LogP contribution in [0.25, 0.3) is 33.5 Å². The molecule has 2 aromatic carbocycles. The van der Waals surface area contributed by atoms with Crippen LogP contribution >= 0.6 is 0 Å². The van der Waals surface area contributed by atoms with Crippen molar-refractivity contribution in [1.82, 2.24) is 23.6 Å². The Kier molecular flexibility index (Phi) is 6.51. The summed E-state index contributed by atoms with van der Waals surface area (Å²) in [6.07, 6.45) is 2.85. The van der Waals surface area contributed by atoms with Crippen LogP contribution in [0.5, 0.6) is 0 Å². The minimum Gasteiger partial charge on any atom is -0.330 e. The molecule has 33 heavy (non-hydrogen) atoms. The van der Waals surface area contributed by atoms with E-state index >= 15 is 0 Å². The van der Waals surface area contributed by atoms with E-state index in [1.165, 1.54) is 6.07 Å². The standard InChI is InChI=1S/C26H32FN5O/c1-6-31-22-12-10-20(16-23(22)32(7-2)26(31)33)25-24(19-9-11-21(27)18(3)15-19)28-17-30(25)14-8-13-29(4)5/h9-12,15-17H,6-8,13-14H2,1-5H3. The van der Waals surface area contributed by atoms with Gasteiger partial charge < -0.3 is 9.47 Å². The van der Waals surface area contributed by atoms with Gasteiger partial charge in [-0.2, -0.15) is 0 Å². The van der Waals surface area contributed by atoms with Gasteiger partial charge in [0.2, 0.25) is 0 Å². The van der Waals surface area contributed by atoms with E-state index in [4.69, 9.17) is 4.98 Å². The van der Waals surface area contributed by atoms with Crippen molar-refractivity contribution in [3.05, 3.63) is 64.6 Å². The Hall–Kier alpha value is -3.19. The van der Waals surface area contributed by atoms with Crippen molar-refractivity contribution in [2.45, 2.75) is 46.8 Å². The first kappa shape index (κ1) is 23.0. The molecule has 0 amide bonds. The Morgan fingerprint density at radius 3 is 2.33 bits per heavy atom. The van der Waals surface area contributed by atoms with Crippen LogP contribution in [-0.4, -0.2) is 44.2 Å². The van der Waals surface area contributed by atoms with E-state index in [9.17, 15) is 9.18 Å². The molecule has 0 aliphatic heterocycles. The van der Waals surface area contributed by atoms with Gasteiger partial charge in [-0.3, -0.25) is 9.13 Å². The Morgan fingerprint density at radius 1 is 0.970 bits per heavy atom. The molecule has 0 spiro atoms. The van der Waals surface area contributed by atoms with Crippen molar-refractivity contribution in [3.63, 3.8) is 0 Å². The summed E-state index contributed by atoms with van der Waals surface area (Å²) in [5.41, 5.74) is 6.15. The zero-order valence-corrected chi connectivity index (χ0v) is 20.1. The molecule has 4 aromatic rings. The van der Waals surface area contributed by atoms with E-state index < -0.39 is 0 Å². The number of hydrogen-bond donors (Lipinski definition) is 0. The number of aromatic nitrogens is 4. The molecule has 0 radical (unpaired) electrons. The predicted molar refractivity (Wildman–Crippen MR) is 132 cm³/mol. The van der Waals surface area contributed by atoms with Gasteiger partial charge in [0.05, 0.1) is 28.7 Å². The van der Waals surface area contributed by atoms with Crippen LogP contribution in [0, 0.1) is 12.7 Å². The molecule has 4 rings (SSSR count). The van der Waals surface area contributed by atoms with Gasteiger partial charge in [-0.05, 0) is 83.7 Å². The molecule has 0 atom stereocenters. The van der Waals surface area contributed by atoms with Crippen LogP contribution in [0.4, 0.5) is 4.39 Å². The van der Waals surface area contributed by atoms with Crippen molar-refractivity contribution < 1.29 is 4.39 Å². The lowest BCUT2D eigenvalue weighted by Crippen LogP contribution is -2.23. The van der Waals surface area contributed by atoms with Gasteiger partial charge in [0, 0.05) is 30.8 Å². The molecule has 0 aliphatic carbocycles. The number of rotatable bonds is 8. The van der Waals surface area contributed by atoms with E-state index in [0.29, 0.717) is 18.7 Å². The number of benzene rings is 2. The van der Waals surface area contributed by atoms with E-state index in [1.54, 1.807) is 17.6 Å². The van der Waals surface area contributed by atoms with Crippen LogP contribution in [0.15, 0.2) is 47.5 Å². The Labute approximate surface area is 193 Å². The molecule has 0 aliphatic rings. The molecule has 2 aromatic heterocycles. The third-order valence-electron chi connectivity index (χ3n) is 6.20. The summed E-state index contributed by atoms with van der Waals surface area (Å²) in [4.78, 5) is 19.8. The summed E-state index contributed by atoms with van der Waals surface area (Å²) in [7, 11) is 4.13. The summed E-state index contributed by atoms with van der Waals surface area (Å²) in [5.74, 6) is -0.222. The highest BCUT2D eigenvalue weighted by molar-refractivity contribution is 5.86. The van der Waals surface area contributed by atoms with Crippen LogP contribution in [0.2, 0.25) is 0 Å². The number of imidazole rings is 2. The van der Waals surface area contributed by atoms with E-state index in [-0.39, 0.29) is 11.5 Å². The topological polar surface area (TPSA) is 48.0 Å². The zero-order valence-electron chi connectivity index (χ0n) is 20.1. The Bertz CT molecular complexity index is 1340. The lowest BCUT2D eigenvalue weighted by atomic mass is 10.0. The van der Waals surface area contributed by atoms with Crippen LogP contribution < -0.4 is 5.69 Å². The fourth-order valence-electron chi connectivity index (χ4n) is 4.49. The monoisotopic (exact) mass is 449 g/mol. The maximum absolute atomic E-state index is 14.0. The number of halogens is 1. The zero-order chi connectivity index (χ0) is 23.7. The fraction of sp³-hybridized carbons (Fsp3) is 0.385. The molecule has 0 fully saturated rings. The first-order valence-corrected chi connectivity index (χ1v) is 11.6. The van der Waals surface area contributed by atoms with Crippen LogP contribution in [-0.2, 0) is 19.6 Å². The van der Waals surface area contributed by atoms with Crippen LogP contribution in [0.3, 0.4) is 0 Å². The van der Waals surface area contributed by atoms with Gasteiger partial charge in [0.1, 0.15) is 5.82 Å². The van der Waals surface area contributed by atoms with Gasteiger partial charge in [-0.25, -0.2) is 14.2 Å². The molecular weight excluding hydrogens is 417 g/mol. The Balaban J connectivity index is 1.90. The summed E-state index contributed by atoms with van der Waals surface area (Å²) in [5, 5.41) is 0. The number of hydrogen-bond acceptors (Lipinski definition) is 3. The van der Waals surface area contributed by atoms with E-state index in [0.717, 1.165) is 53.1 Å². The molecule has 0 bridgehead atoms. The van der Waals surface area contributed by atoms with Crippen LogP contribution in [0.1, 0.15) is 25.8 Å². The minimum absolute atomic E-state index is 0.0148. The smallest absolute Gasteiger partial charge is 0.329 e. The van der Waals surface area contributed by atoms with Crippen molar-refractivity contribution >= 4 is 11.0 Å². The van der Waals surface area contributed by atoms with Gasteiger partial charge in [-0.15, -0.1) is 0 Å². The highest BCUT2D eigenvalue weighted by Gasteiger charge is 2.19. The second-order valence-corrected chi connectivity index (χ2v) is 8.73. The normalized spacial score (nSPS) is 11.7. The molecule has 7 heteroatoms. The van der Waals surface area contributed by atoms with Crippen molar-refractivity contribution in [3.8, 4) is 22.5 Å².